The van der Waals surface area contributed by atoms with E-state index in [9.17, 15) is 14.7 Å². The van der Waals surface area contributed by atoms with Crippen LogP contribution in [0, 0.1) is 23.7 Å². The number of fused-ring (bicyclic) bond motifs is 3. The summed E-state index contributed by atoms with van der Waals surface area (Å²) in [6, 6.07) is 9.30. The normalized spacial score (nSPS) is 28.2. The van der Waals surface area contributed by atoms with Gasteiger partial charge in [0.15, 0.2) is 0 Å². The zero-order valence-electron chi connectivity index (χ0n) is 12.3. The monoisotopic (exact) mass is 307 g/mol. The van der Waals surface area contributed by atoms with Crippen LogP contribution in [0.2, 0.25) is 0 Å². The van der Waals surface area contributed by atoms with Gasteiger partial charge in [-0.1, -0.05) is 30.4 Å². The third-order valence-electron chi connectivity index (χ3n) is 4.92. The number of pyridine rings is 1. The number of anilines is 1. The van der Waals surface area contributed by atoms with Crippen molar-refractivity contribution in [1.29, 1.82) is 0 Å². The molecule has 2 aliphatic carbocycles. The van der Waals surface area contributed by atoms with E-state index in [0.717, 1.165) is 5.39 Å². The summed E-state index contributed by atoms with van der Waals surface area (Å²) in [4.78, 5) is 28.4. The van der Waals surface area contributed by atoms with E-state index in [-0.39, 0.29) is 17.7 Å². The zero-order chi connectivity index (χ0) is 16.0. The van der Waals surface area contributed by atoms with Crippen molar-refractivity contribution < 1.29 is 14.7 Å². The maximum absolute atomic E-state index is 12.7. The zero-order valence-corrected chi connectivity index (χ0v) is 12.3. The molecule has 1 saturated carbocycles. The Bertz CT molecular complexity index is 825. The minimum Gasteiger partial charge on any atom is -0.550 e. The number of hydrogen-bond donors (Lipinski definition) is 1. The molecule has 1 amide bonds. The fraction of sp³-hybridized carbons (Fsp3) is 0.278. The van der Waals surface area contributed by atoms with Crippen molar-refractivity contribution in [3.63, 3.8) is 0 Å². The van der Waals surface area contributed by atoms with E-state index in [2.05, 4.69) is 10.3 Å². The van der Waals surface area contributed by atoms with Crippen molar-refractivity contribution in [2.24, 2.45) is 23.7 Å². The topological polar surface area (TPSA) is 82.1 Å². The van der Waals surface area contributed by atoms with E-state index in [4.69, 9.17) is 0 Å². The van der Waals surface area contributed by atoms with Crippen molar-refractivity contribution in [2.75, 3.05) is 5.32 Å². The van der Waals surface area contributed by atoms with Crippen LogP contribution in [0.25, 0.3) is 10.9 Å². The van der Waals surface area contributed by atoms with Crippen molar-refractivity contribution >= 4 is 28.5 Å². The molecule has 4 rings (SSSR count). The lowest BCUT2D eigenvalue weighted by Crippen LogP contribution is -2.42. The van der Waals surface area contributed by atoms with Gasteiger partial charge in [-0.2, -0.15) is 0 Å². The van der Waals surface area contributed by atoms with Gasteiger partial charge in [-0.3, -0.25) is 9.78 Å². The van der Waals surface area contributed by atoms with Crippen LogP contribution in [0.3, 0.4) is 0 Å². The predicted octanol–water partition coefficient (Wildman–Crippen LogP) is 1.36. The van der Waals surface area contributed by atoms with Gasteiger partial charge in [-0.25, -0.2) is 0 Å². The van der Waals surface area contributed by atoms with Gasteiger partial charge in [0.05, 0.1) is 17.1 Å². The molecule has 2 aromatic rings. The number of carbonyl (C=O) groups is 2. The first-order chi connectivity index (χ1) is 11.1. The van der Waals surface area contributed by atoms with Gasteiger partial charge in [0.25, 0.3) is 0 Å². The van der Waals surface area contributed by atoms with Crippen molar-refractivity contribution in [2.45, 2.75) is 6.42 Å². The molecule has 1 aromatic carbocycles. The quantitative estimate of drug-likeness (QED) is 0.868. The Morgan fingerprint density at radius 3 is 2.61 bits per heavy atom. The summed E-state index contributed by atoms with van der Waals surface area (Å²) in [6.07, 6.45) is 6.23. The number of amides is 1. The van der Waals surface area contributed by atoms with Crippen LogP contribution in [-0.4, -0.2) is 16.9 Å². The maximum Gasteiger partial charge on any atom is 0.228 e. The number of hydrogen-bond acceptors (Lipinski definition) is 4. The predicted molar refractivity (Wildman–Crippen MR) is 83.1 cm³/mol. The average molecular weight is 307 g/mol. The number of allylic oxidation sites excluding steroid dienone is 2. The lowest BCUT2D eigenvalue weighted by atomic mass is 9.82. The Labute approximate surface area is 133 Å². The van der Waals surface area contributed by atoms with Crippen LogP contribution in [0.4, 0.5) is 5.69 Å². The van der Waals surface area contributed by atoms with Crippen LogP contribution in [0.15, 0.2) is 48.7 Å². The third kappa shape index (κ3) is 2.20. The second-order valence-corrected chi connectivity index (χ2v) is 6.19. The largest absolute Gasteiger partial charge is 0.550 e. The first-order valence-electron chi connectivity index (χ1n) is 7.69. The van der Waals surface area contributed by atoms with Gasteiger partial charge in [0, 0.05) is 23.5 Å². The van der Waals surface area contributed by atoms with Gasteiger partial charge in [-0.15, -0.1) is 0 Å². The highest BCUT2D eigenvalue weighted by Gasteiger charge is 2.48. The fourth-order valence-corrected chi connectivity index (χ4v) is 3.92. The standard InChI is InChI=1S/C18H16N2O3/c21-17(14-11-6-7-12(9-11)15(14)18(22)23)20-13-5-1-3-10-4-2-8-19-16(10)13/h1-8,11-12,14-15H,9H2,(H,20,21)(H,22,23)/p-1/t11-,12-,14+,15-/m0/s1. The van der Waals surface area contributed by atoms with E-state index in [1.54, 1.807) is 12.3 Å². The first kappa shape index (κ1) is 13.9. The van der Waals surface area contributed by atoms with E-state index < -0.39 is 17.8 Å². The van der Waals surface area contributed by atoms with Crippen molar-refractivity contribution in [1.82, 2.24) is 4.98 Å². The molecule has 5 nitrogen and oxygen atoms in total. The minimum absolute atomic E-state index is 0.0224. The van der Waals surface area contributed by atoms with Crippen LogP contribution < -0.4 is 10.4 Å². The summed E-state index contributed by atoms with van der Waals surface area (Å²) >= 11 is 0. The Morgan fingerprint density at radius 2 is 1.83 bits per heavy atom. The average Bonchev–Trinajstić information content (AvgIpc) is 3.16. The van der Waals surface area contributed by atoms with Crippen LogP contribution in [0.1, 0.15) is 6.42 Å². The second-order valence-electron chi connectivity index (χ2n) is 6.19. The molecular weight excluding hydrogens is 292 g/mol. The summed E-state index contributed by atoms with van der Waals surface area (Å²) in [5.74, 6) is -2.84. The van der Waals surface area contributed by atoms with Crippen LogP contribution in [0.5, 0.6) is 0 Å². The van der Waals surface area contributed by atoms with Crippen molar-refractivity contribution in [3.8, 4) is 0 Å². The fourth-order valence-electron chi connectivity index (χ4n) is 3.92. The summed E-state index contributed by atoms with van der Waals surface area (Å²) in [6.45, 7) is 0. The summed E-state index contributed by atoms with van der Waals surface area (Å²) < 4.78 is 0. The summed E-state index contributed by atoms with van der Waals surface area (Å²) in [5, 5.41) is 15.2. The molecule has 116 valence electrons. The van der Waals surface area contributed by atoms with E-state index in [0.29, 0.717) is 17.6 Å². The van der Waals surface area contributed by atoms with Gasteiger partial charge in [0.2, 0.25) is 5.91 Å². The number of para-hydroxylation sites is 1. The summed E-state index contributed by atoms with van der Waals surface area (Å²) in [7, 11) is 0. The molecule has 1 N–H and O–H groups in total. The highest BCUT2D eigenvalue weighted by molar-refractivity contribution is 6.02. The molecule has 5 heteroatoms. The number of nitrogens with zero attached hydrogens (tertiary/aromatic N) is 1. The first-order valence-corrected chi connectivity index (χ1v) is 7.69. The maximum atomic E-state index is 12.7. The number of rotatable bonds is 3. The number of carboxylic acids is 1. The number of carbonyl (C=O) groups excluding carboxylic acids is 2. The molecule has 1 fully saturated rings. The van der Waals surface area contributed by atoms with Gasteiger partial charge >= 0.3 is 0 Å². The molecule has 0 radical (unpaired) electrons. The van der Waals surface area contributed by atoms with Gasteiger partial charge in [-0.05, 0) is 30.4 Å². The number of carboxylic acid groups (broad SMARTS) is 1. The summed E-state index contributed by atoms with van der Waals surface area (Å²) in [5.41, 5.74) is 1.31. The SMILES string of the molecule is O=C([O-])[C@@H]1[C@H](C(=O)Nc2cccc3cccnc23)[C@H]2C=C[C@H]1C2. The van der Waals surface area contributed by atoms with Gasteiger partial charge < -0.3 is 15.2 Å². The second kappa shape index (κ2) is 5.19. The number of aliphatic carboxylic acids is 1. The molecule has 23 heavy (non-hydrogen) atoms. The highest BCUT2D eigenvalue weighted by atomic mass is 16.4. The number of benzene rings is 1. The van der Waals surface area contributed by atoms with Crippen LogP contribution >= 0.6 is 0 Å². The molecule has 0 aliphatic heterocycles. The smallest absolute Gasteiger partial charge is 0.228 e. The Balaban J connectivity index is 1.65. The number of nitrogens with one attached hydrogen (secondary N) is 1. The van der Waals surface area contributed by atoms with Gasteiger partial charge in [0.1, 0.15) is 0 Å². The molecule has 0 unspecified atom stereocenters. The van der Waals surface area contributed by atoms with E-state index >= 15 is 0 Å². The van der Waals surface area contributed by atoms with Crippen molar-refractivity contribution in [3.05, 3.63) is 48.7 Å². The molecule has 4 atom stereocenters. The lowest BCUT2D eigenvalue weighted by Gasteiger charge is -2.27. The minimum atomic E-state index is -1.14. The number of aromatic nitrogens is 1. The van der Waals surface area contributed by atoms with Crippen LogP contribution in [-0.2, 0) is 9.59 Å². The lowest BCUT2D eigenvalue weighted by molar-refractivity contribution is -0.313. The Morgan fingerprint density at radius 1 is 1.09 bits per heavy atom. The molecule has 2 aliphatic rings. The molecule has 1 aromatic heterocycles. The van der Waals surface area contributed by atoms with E-state index in [1.807, 2.05) is 36.4 Å². The Kier molecular flexibility index (Phi) is 3.15. The third-order valence-corrected chi connectivity index (χ3v) is 4.92. The molecule has 2 bridgehead atoms. The molecule has 0 spiro atoms. The highest BCUT2D eigenvalue weighted by Crippen LogP contribution is 2.48. The Hall–Kier alpha value is -2.69. The molecular formula is C18H15N2O3-. The molecule has 1 heterocycles. The molecule has 0 saturated heterocycles. The van der Waals surface area contributed by atoms with E-state index in [1.165, 1.54) is 0 Å².